The van der Waals surface area contributed by atoms with Crippen LogP contribution in [0.3, 0.4) is 0 Å². The van der Waals surface area contributed by atoms with Gasteiger partial charge >= 0.3 is 0 Å². The molecule has 12 heavy (non-hydrogen) atoms. The standard InChI is InChI=1S/C10H13NS/c1-11-6-5-8-3-2-4-10(12)9(8)7-11/h2-4,12H,5-7H2,1H3. The molecule has 2 heteroatoms. The first-order valence-electron chi connectivity index (χ1n) is 4.25. The summed E-state index contributed by atoms with van der Waals surface area (Å²) in [4.78, 5) is 3.47. The van der Waals surface area contributed by atoms with E-state index in [0.29, 0.717) is 0 Å². The molecule has 0 spiro atoms. The van der Waals surface area contributed by atoms with E-state index in [0.717, 1.165) is 11.4 Å². The molecule has 0 aromatic heterocycles. The lowest BCUT2D eigenvalue weighted by Gasteiger charge is -2.25. The molecule has 1 aliphatic heterocycles. The third-order valence-electron chi connectivity index (χ3n) is 2.44. The van der Waals surface area contributed by atoms with Gasteiger partial charge in [0.25, 0.3) is 0 Å². The molecule has 0 aliphatic carbocycles. The van der Waals surface area contributed by atoms with Crippen molar-refractivity contribution in [2.45, 2.75) is 17.9 Å². The van der Waals surface area contributed by atoms with Crippen molar-refractivity contribution >= 4 is 12.6 Å². The van der Waals surface area contributed by atoms with Crippen LogP contribution in [0.4, 0.5) is 0 Å². The molecule has 0 N–H and O–H groups in total. The summed E-state index contributed by atoms with van der Waals surface area (Å²) < 4.78 is 0. The fourth-order valence-corrected chi connectivity index (χ4v) is 2.00. The maximum Gasteiger partial charge on any atom is 0.0244 e. The first kappa shape index (κ1) is 8.14. The highest BCUT2D eigenvalue weighted by Gasteiger charge is 2.13. The number of thiol groups is 1. The second-order valence-corrected chi connectivity index (χ2v) is 3.88. The summed E-state index contributed by atoms with van der Waals surface area (Å²) >= 11 is 4.45. The zero-order valence-electron chi connectivity index (χ0n) is 7.25. The second-order valence-electron chi connectivity index (χ2n) is 3.40. The van der Waals surface area contributed by atoms with Crippen molar-refractivity contribution in [2.24, 2.45) is 0 Å². The van der Waals surface area contributed by atoms with Gasteiger partial charge in [0.2, 0.25) is 0 Å². The lowest BCUT2D eigenvalue weighted by Crippen LogP contribution is -2.26. The predicted octanol–water partition coefficient (Wildman–Crippen LogP) is 1.96. The zero-order valence-corrected chi connectivity index (χ0v) is 8.14. The molecule has 0 saturated carbocycles. The molecule has 0 radical (unpaired) electrons. The fourth-order valence-electron chi connectivity index (χ4n) is 1.70. The average molecular weight is 179 g/mol. The third kappa shape index (κ3) is 1.37. The summed E-state index contributed by atoms with van der Waals surface area (Å²) in [6.07, 6.45) is 1.17. The van der Waals surface area contributed by atoms with Crippen molar-refractivity contribution in [2.75, 3.05) is 13.6 Å². The van der Waals surface area contributed by atoms with Gasteiger partial charge in [-0.25, -0.2) is 0 Å². The van der Waals surface area contributed by atoms with Gasteiger partial charge in [-0.2, -0.15) is 0 Å². The number of rotatable bonds is 0. The van der Waals surface area contributed by atoms with Gasteiger partial charge in [0, 0.05) is 18.0 Å². The zero-order chi connectivity index (χ0) is 8.55. The Balaban J connectivity index is 2.43. The number of nitrogens with zero attached hydrogens (tertiary/aromatic N) is 1. The normalized spacial score (nSPS) is 17.5. The largest absolute Gasteiger partial charge is 0.302 e. The molecule has 2 rings (SSSR count). The highest BCUT2D eigenvalue weighted by molar-refractivity contribution is 7.80. The van der Waals surface area contributed by atoms with Gasteiger partial charge in [-0.05, 0) is 30.7 Å². The van der Waals surface area contributed by atoms with Crippen LogP contribution in [0.25, 0.3) is 0 Å². The van der Waals surface area contributed by atoms with Crippen LogP contribution in [0.5, 0.6) is 0 Å². The summed E-state index contributed by atoms with van der Waals surface area (Å²) in [5.74, 6) is 0. The fraction of sp³-hybridized carbons (Fsp3) is 0.400. The number of hydrogen-bond donors (Lipinski definition) is 1. The Kier molecular flexibility index (Phi) is 2.11. The van der Waals surface area contributed by atoms with Crippen LogP contribution < -0.4 is 0 Å². The van der Waals surface area contributed by atoms with E-state index in [2.05, 4.69) is 42.8 Å². The van der Waals surface area contributed by atoms with E-state index in [4.69, 9.17) is 0 Å². The Morgan fingerprint density at radius 1 is 1.42 bits per heavy atom. The lowest BCUT2D eigenvalue weighted by atomic mass is 10.0. The molecule has 1 heterocycles. The molecule has 1 aromatic carbocycles. The van der Waals surface area contributed by atoms with Crippen LogP contribution in [-0.4, -0.2) is 18.5 Å². The minimum atomic E-state index is 1.05. The van der Waals surface area contributed by atoms with Crippen LogP contribution >= 0.6 is 12.6 Å². The van der Waals surface area contributed by atoms with Crippen molar-refractivity contribution in [3.8, 4) is 0 Å². The third-order valence-corrected chi connectivity index (χ3v) is 2.86. The van der Waals surface area contributed by atoms with Crippen LogP contribution in [0.15, 0.2) is 23.1 Å². The van der Waals surface area contributed by atoms with Gasteiger partial charge in [-0.15, -0.1) is 12.6 Å². The van der Waals surface area contributed by atoms with Crippen LogP contribution in [-0.2, 0) is 13.0 Å². The van der Waals surface area contributed by atoms with E-state index in [1.165, 1.54) is 24.1 Å². The Morgan fingerprint density at radius 3 is 3.08 bits per heavy atom. The van der Waals surface area contributed by atoms with E-state index in [9.17, 15) is 0 Å². The summed E-state index contributed by atoms with van der Waals surface area (Å²) in [6.45, 7) is 2.22. The summed E-state index contributed by atoms with van der Waals surface area (Å²) in [5.41, 5.74) is 2.88. The molecule has 0 bridgehead atoms. The second kappa shape index (κ2) is 3.11. The van der Waals surface area contributed by atoms with Crippen molar-refractivity contribution in [3.05, 3.63) is 29.3 Å². The van der Waals surface area contributed by atoms with E-state index < -0.39 is 0 Å². The van der Waals surface area contributed by atoms with Gasteiger partial charge in [0.15, 0.2) is 0 Å². The Hall–Kier alpha value is -0.470. The van der Waals surface area contributed by atoms with Gasteiger partial charge in [0.1, 0.15) is 0 Å². The highest BCUT2D eigenvalue weighted by Crippen LogP contribution is 2.23. The number of likely N-dealkylation sites (N-methyl/N-ethyl adjacent to an activating group) is 1. The summed E-state index contributed by atoms with van der Waals surface area (Å²) in [5, 5.41) is 0. The van der Waals surface area contributed by atoms with Crippen LogP contribution in [0.1, 0.15) is 11.1 Å². The predicted molar refractivity (Wildman–Crippen MR) is 53.7 cm³/mol. The number of hydrogen-bond acceptors (Lipinski definition) is 2. The molecule has 0 fully saturated rings. The molecule has 0 atom stereocenters. The SMILES string of the molecule is CN1CCc2cccc(S)c2C1. The molecular weight excluding hydrogens is 166 g/mol. The highest BCUT2D eigenvalue weighted by atomic mass is 32.1. The van der Waals surface area contributed by atoms with Crippen molar-refractivity contribution < 1.29 is 0 Å². The minimum Gasteiger partial charge on any atom is -0.302 e. The van der Waals surface area contributed by atoms with Gasteiger partial charge in [0.05, 0.1) is 0 Å². The van der Waals surface area contributed by atoms with E-state index in [-0.39, 0.29) is 0 Å². The molecule has 1 nitrogen and oxygen atoms in total. The van der Waals surface area contributed by atoms with Crippen LogP contribution in [0, 0.1) is 0 Å². The number of fused-ring (bicyclic) bond motifs is 1. The minimum absolute atomic E-state index is 1.05. The van der Waals surface area contributed by atoms with Crippen molar-refractivity contribution in [1.29, 1.82) is 0 Å². The van der Waals surface area contributed by atoms with Gasteiger partial charge < -0.3 is 4.90 Å². The van der Waals surface area contributed by atoms with Crippen molar-refractivity contribution in [3.63, 3.8) is 0 Å². The molecule has 1 aromatic rings. The maximum absolute atomic E-state index is 4.45. The summed E-state index contributed by atoms with van der Waals surface area (Å²) in [7, 11) is 2.16. The molecule has 0 saturated heterocycles. The van der Waals surface area contributed by atoms with E-state index in [1.54, 1.807) is 0 Å². The molecule has 1 aliphatic rings. The quantitative estimate of drug-likeness (QED) is 0.596. The van der Waals surface area contributed by atoms with Crippen molar-refractivity contribution in [1.82, 2.24) is 4.90 Å². The van der Waals surface area contributed by atoms with Gasteiger partial charge in [-0.3, -0.25) is 0 Å². The Bertz CT molecular complexity index is 296. The molecule has 0 amide bonds. The van der Waals surface area contributed by atoms with Crippen LogP contribution in [0.2, 0.25) is 0 Å². The molecule has 0 unspecified atom stereocenters. The van der Waals surface area contributed by atoms with E-state index >= 15 is 0 Å². The average Bonchev–Trinajstić information content (AvgIpc) is 2.07. The first-order valence-corrected chi connectivity index (χ1v) is 4.70. The Morgan fingerprint density at radius 2 is 2.25 bits per heavy atom. The molecular formula is C10H13NS. The monoisotopic (exact) mass is 179 g/mol. The maximum atomic E-state index is 4.45. The first-order chi connectivity index (χ1) is 5.77. The van der Waals surface area contributed by atoms with E-state index in [1.807, 2.05) is 0 Å². The summed E-state index contributed by atoms with van der Waals surface area (Å²) in [6, 6.07) is 6.37. The lowest BCUT2D eigenvalue weighted by molar-refractivity contribution is 0.310. The van der Waals surface area contributed by atoms with Gasteiger partial charge in [-0.1, -0.05) is 12.1 Å². The Labute approximate surface area is 78.8 Å². The molecule has 64 valence electrons. The number of benzene rings is 1. The smallest absolute Gasteiger partial charge is 0.0244 e. The topological polar surface area (TPSA) is 3.24 Å².